The lowest BCUT2D eigenvalue weighted by Gasteiger charge is -2.34. The third-order valence-electron chi connectivity index (χ3n) is 5.03. The predicted octanol–water partition coefficient (Wildman–Crippen LogP) is 2.06. The van der Waals surface area contributed by atoms with Crippen LogP contribution in [0.4, 0.5) is 13.2 Å². The van der Waals surface area contributed by atoms with Crippen LogP contribution in [0.3, 0.4) is 0 Å². The first-order chi connectivity index (χ1) is 14.2. The van der Waals surface area contributed by atoms with Crippen molar-refractivity contribution >= 4 is 11.9 Å². The average molecular weight is 432 g/mol. The first-order valence-electron chi connectivity index (χ1n) is 9.69. The fraction of sp³-hybridized carbons (Fsp3) is 0.600. The van der Waals surface area contributed by atoms with E-state index in [9.17, 15) is 18.0 Å². The van der Waals surface area contributed by atoms with Gasteiger partial charge in [-0.05, 0) is 30.9 Å². The number of alkyl halides is 3. The van der Waals surface area contributed by atoms with Gasteiger partial charge in [0, 0.05) is 26.7 Å². The number of hydrogen-bond acceptors (Lipinski definition) is 5. The van der Waals surface area contributed by atoms with Gasteiger partial charge >= 0.3 is 12.1 Å². The van der Waals surface area contributed by atoms with E-state index in [1.54, 1.807) is 7.11 Å². The van der Waals surface area contributed by atoms with E-state index in [2.05, 4.69) is 34.5 Å². The lowest BCUT2D eigenvalue weighted by atomic mass is 9.91. The van der Waals surface area contributed by atoms with E-state index in [1.807, 2.05) is 6.07 Å². The Bertz CT molecular complexity index is 687. The van der Waals surface area contributed by atoms with Gasteiger partial charge in [-0.2, -0.15) is 13.2 Å². The van der Waals surface area contributed by atoms with Crippen LogP contribution in [0.5, 0.6) is 0 Å². The van der Waals surface area contributed by atoms with Crippen LogP contribution in [0.25, 0.3) is 0 Å². The number of carbonyl (C=O) groups is 2. The number of likely N-dealkylation sites (tertiary alicyclic amines) is 1. The lowest BCUT2D eigenvalue weighted by molar-refractivity contribution is -0.192. The van der Waals surface area contributed by atoms with Crippen LogP contribution in [0.15, 0.2) is 30.3 Å². The minimum atomic E-state index is -5.08. The van der Waals surface area contributed by atoms with Crippen LogP contribution < -0.4 is 5.32 Å². The molecule has 2 saturated heterocycles. The fourth-order valence-electron chi connectivity index (χ4n) is 3.54. The lowest BCUT2D eigenvalue weighted by Crippen LogP contribution is -2.42. The number of carboxylic acids is 1. The van der Waals surface area contributed by atoms with E-state index in [0.29, 0.717) is 19.1 Å². The Hall–Kier alpha value is -2.17. The molecule has 2 N–H and O–H groups in total. The molecule has 3 rings (SSSR count). The van der Waals surface area contributed by atoms with Gasteiger partial charge in [0.1, 0.15) is 6.10 Å². The third-order valence-corrected chi connectivity index (χ3v) is 5.03. The van der Waals surface area contributed by atoms with Gasteiger partial charge in [0.05, 0.1) is 12.7 Å². The van der Waals surface area contributed by atoms with Crippen LogP contribution in [0, 0.1) is 5.92 Å². The monoisotopic (exact) mass is 432 g/mol. The van der Waals surface area contributed by atoms with Crippen LogP contribution in [0.2, 0.25) is 0 Å². The highest BCUT2D eigenvalue weighted by atomic mass is 19.4. The molecule has 30 heavy (non-hydrogen) atoms. The molecule has 0 radical (unpaired) electrons. The normalized spacial score (nSPS) is 23.8. The third kappa shape index (κ3) is 7.58. The Morgan fingerprint density at radius 3 is 2.57 bits per heavy atom. The highest BCUT2D eigenvalue weighted by Crippen LogP contribution is 2.33. The van der Waals surface area contributed by atoms with E-state index in [0.717, 1.165) is 32.5 Å². The van der Waals surface area contributed by atoms with Crippen molar-refractivity contribution in [2.75, 3.05) is 33.4 Å². The van der Waals surface area contributed by atoms with Crippen molar-refractivity contribution in [3.05, 3.63) is 35.9 Å². The molecular formula is C20H27F3N2O5. The van der Waals surface area contributed by atoms with Gasteiger partial charge in [-0.1, -0.05) is 30.3 Å². The van der Waals surface area contributed by atoms with Crippen LogP contribution in [-0.4, -0.2) is 73.6 Å². The molecular weight excluding hydrogens is 405 g/mol. The van der Waals surface area contributed by atoms with Crippen LogP contribution in [-0.2, 0) is 25.6 Å². The van der Waals surface area contributed by atoms with Gasteiger partial charge in [-0.25, -0.2) is 4.79 Å². The number of hydrogen-bond donors (Lipinski definition) is 2. The molecule has 0 saturated carbocycles. The summed E-state index contributed by atoms with van der Waals surface area (Å²) in [6, 6.07) is 10.5. The Labute approximate surface area is 173 Å². The first-order valence-corrected chi connectivity index (χ1v) is 9.69. The van der Waals surface area contributed by atoms with Crippen molar-refractivity contribution in [2.24, 2.45) is 5.92 Å². The second-order valence-electron chi connectivity index (χ2n) is 7.26. The summed E-state index contributed by atoms with van der Waals surface area (Å²) in [5, 5.41) is 10.0. The van der Waals surface area contributed by atoms with E-state index in [4.69, 9.17) is 19.4 Å². The molecule has 168 valence electrons. The SMILES string of the molecule is COCCNC(=O)[C@H]1C[C@@H]2CCN(Cc3ccccc3)C[C@@H]2O1.O=C(O)C(F)(F)F. The maximum atomic E-state index is 12.1. The van der Waals surface area contributed by atoms with Crippen LogP contribution >= 0.6 is 0 Å². The first kappa shape index (κ1) is 24.1. The molecule has 0 aliphatic carbocycles. The Kier molecular flexibility index (Phi) is 9.07. The molecule has 0 aromatic heterocycles. The Balaban J connectivity index is 0.000000396. The highest BCUT2D eigenvalue weighted by Gasteiger charge is 2.41. The minimum absolute atomic E-state index is 0.00561. The number of ether oxygens (including phenoxy) is 2. The fourth-order valence-corrected chi connectivity index (χ4v) is 3.54. The quantitative estimate of drug-likeness (QED) is 0.670. The molecule has 2 aliphatic heterocycles. The van der Waals surface area contributed by atoms with Gasteiger partial charge in [0.2, 0.25) is 5.91 Å². The molecule has 1 aromatic rings. The molecule has 1 aromatic carbocycles. The molecule has 0 unspecified atom stereocenters. The summed E-state index contributed by atoms with van der Waals surface area (Å²) in [6.07, 6.45) is -3.23. The van der Waals surface area contributed by atoms with E-state index in [1.165, 1.54) is 5.56 Å². The number of methoxy groups -OCH3 is 1. The highest BCUT2D eigenvalue weighted by molar-refractivity contribution is 5.81. The van der Waals surface area contributed by atoms with Gasteiger partial charge in [-0.3, -0.25) is 9.69 Å². The van der Waals surface area contributed by atoms with Crippen molar-refractivity contribution in [3.63, 3.8) is 0 Å². The summed E-state index contributed by atoms with van der Waals surface area (Å²) >= 11 is 0. The number of carboxylic acid groups (broad SMARTS) is 1. The van der Waals surface area contributed by atoms with Gasteiger partial charge in [0.15, 0.2) is 0 Å². The maximum absolute atomic E-state index is 12.1. The summed E-state index contributed by atoms with van der Waals surface area (Å²) in [5.74, 6) is -2.24. The molecule has 2 heterocycles. The number of rotatable bonds is 6. The van der Waals surface area contributed by atoms with Crippen molar-refractivity contribution in [3.8, 4) is 0 Å². The second kappa shape index (κ2) is 11.3. The molecule has 0 bridgehead atoms. The van der Waals surface area contributed by atoms with Crippen molar-refractivity contribution in [1.29, 1.82) is 0 Å². The number of nitrogens with one attached hydrogen (secondary N) is 1. The molecule has 2 fully saturated rings. The van der Waals surface area contributed by atoms with E-state index >= 15 is 0 Å². The zero-order chi connectivity index (χ0) is 22.1. The summed E-state index contributed by atoms with van der Waals surface area (Å²) in [7, 11) is 1.63. The molecule has 10 heteroatoms. The number of carbonyl (C=O) groups excluding carboxylic acids is 1. The Morgan fingerprint density at radius 2 is 1.97 bits per heavy atom. The van der Waals surface area contributed by atoms with E-state index < -0.39 is 12.1 Å². The van der Waals surface area contributed by atoms with Crippen molar-refractivity contribution in [2.45, 2.75) is 37.8 Å². The zero-order valence-corrected chi connectivity index (χ0v) is 16.7. The summed E-state index contributed by atoms with van der Waals surface area (Å²) in [4.78, 5) is 23.5. The number of fused-ring (bicyclic) bond motifs is 1. The van der Waals surface area contributed by atoms with Gasteiger partial charge < -0.3 is 19.9 Å². The summed E-state index contributed by atoms with van der Waals surface area (Å²) < 4.78 is 42.7. The van der Waals surface area contributed by atoms with Crippen molar-refractivity contribution < 1.29 is 37.3 Å². The predicted molar refractivity (Wildman–Crippen MR) is 102 cm³/mol. The Morgan fingerprint density at radius 1 is 1.30 bits per heavy atom. The maximum Gasteiger partial charge on any atom is 0.490 e. The molecule has 3 atom stereocenters. The number of piperidine rings is 1. The largest absolute Gasteiger partial charge is 0.490 e. The standard InChI is InChI=1S/C18H26N2O3.C2HF3O2/c1-22-10-8-19-18(21)16-11-15-7-9-20(13-17(15)23-16)12-14-5-3-2-4-6-14;3-2(4,5)1(6)7/h2-6,15-17H,7-13H2,1H3,(H,19,21);(H,6,7)/t15-,16+,17-;/m0./s1. The molecule has 7 nitrogen and oxygen atoms in total. The molecule has 1 amide bonds. The average Bonchev–Trinajstić information content (AvgIpc) is 3.12. The molecule has 0 spiro atoms. The zero-order valence-electron chi connectivity index (χ0n) is 16.7. The summed E-state index contributed by atoms with van der Waals surface area (Å²) in [6.45, 7) is 4.04. The van der Waals surface area contributed by atoms with Gasteiger partial charge in [-0.15, -0.1) is 0 Å². The number of nitrogens with zero attached hydrogens (tertiary/aromatic N) is 1. The topological polar surface area (TPSA) is 88.1 Å². The smallest absolute Gasteiger partial charge is 0.475 e. The number of halogens is 3. The van der Waals surface area contributed by atoms with E-state index in [-0.39, 0.29) is 18.1 Å². The van der Waals surface area contributed by atoms with Crippen LogP contribution in [0.1, 0.15) is 18.4 Å². The second-order valence-corrected chi connectivity index (χ2v) is 7.26. The van der Waals surface area contributed by atoms with Gasteiger partial charge in [0.25, 0.3) is 0 Å². The minimum Gasteiger partial charge on any atom is -0.475 e. The number of amides is 1. The van der Waals surface area contributed by atoms with Crippen molar-refractivity contribution in [1.82, 2.24) is 10.2 Å². The number of benzene rings is 1. The number of aliphatic carboxylic acids is 1. The summed E-state index contributed by atoms with van der Waals surface area (Å²) in [5.41, 5.74) is 1.33. The molecule has 2 aliphatic rings.